The van der Waals surface area contributed by atoms with Crippen LogP contribution in [0.15, 0.2) is 48.5 Å². The number of benzene rings is 2. The van der Waals surface area contributed by atoms with Gasteiger partial charge in [-0.1, -0.05) is 84.4 Å². The molecule has 2 aromatic rings. The molecule has 1 saturated carbocycles. The van der Waals surface area contributed by atoms with Crippen LogP contribution in [-0.2, 0) is 27.0 Å². The van der Waals surface area contributed by atoms with Gasteiger partial charge in [0, 0.05) is 13.2 Å². The number of aryl methyl sites for hydroxylation is 1. The van der Waals surface area contributed by atoms with Crippen LogP contribution >= 0.6 is 0 Å². The first-order valence-electron chi connectivity index (χ1n) is 17.0. The van der Waals surface area contributed by atoms with Gasteiger partial charge in [0.1, 0.15) is 18.4 Å². The molecule has 0 saturated heterocycles. The highest BCUT2D eigenvalue weighted by Gasteiger charge is 2.49. The third kappa shape index (κ3) is 7.97. The van der Waals surface area contributed by atoms with Crippen molar-refractivity contribution in [1.82, 2.24) is 5.32 Å². The van der Waals surface area contributed by atoms with Crippen LogP contribution in [0.3, 0.4) is 0 Å². The fourth-order valence-corrected chi connectivity index (χ4v) is 8.51. The molecule has 6 atom stereocenters. The summed E-state index contributed by atoms with van der Waals surface area (Å²) in [6, 6.07) is 17.0. The molecule has 4 rings (SSSR count). The van der Waals surface area contributed by atoms with Crippen LogP contribution in [0.5, 0.6) is 5.75 Å². The molecule has 2 aliphatic carbocycles. The number of fused-ring (bicyclic) bond motifs is 3. The number of rotatable bonds is 13. The van der Waals surface area contributed by atoms with Crippen LogP contribution in [0, 0.1) is 23.2 Å². The van der Waals surface area contributed by atoms with E-state index in [4.69, 9.17) is 13.9 Å². The van der Waals surface area contributed by atoms with Gasteiger partial charge in [0.05, 0.1) is 7.11 Å². The molecule has 2 aromatic carbocycles. The molecule has 0 aromatic heterocycles. The number of hydrogen-bond donors (Lipinski definition) is 1. The first kappa shape index (κ1) is 34.7. The number of methoxy groups -OCH3 is 1. The summed E-state index contributed by atoms with van der Waals surface area (Å²) in [4.78, 5) is 12.8. The second kappa shape index (κ2) is 14.5. The van der Waals surface area contributed by atoms with E-state index in [2.05, 4.69) is 102 Å². The minimum absolute atomic E-state index is 0.0773. The van der Waals surface area contributed by atoms with Crippen molar-refractivity contribution in [3.8, 4) is 5.75 Å². The summed E-state index contributed by atoms with van der Waals surface area (Å²) >= 11 is 0. The predicted molar refractivity (Wildman–Crippen MR) is 184 cm³/mol. The molecule has 0 spiro atoms. The Kier molecular flexibility index (Phi) is 11.5. The molecule has 0 aliphatic heterocycles. The summed E-state index contributed by atoms with van der Waals surface area (Å²) in [6.07, 6.45) is 6.57. The highest BCUT2D eigenvalue weighted by molar-refractivity contribution is 6.74. The quantitative estimate of drug-likeness (QED) is 0.179. The summed E-state index contributed by atoms with van der Waals surface area (Å²) in [5.41, 5.74) is 4.24. The minimum atomic E-state index is -1.84. The summed E-state index contributed by atoms with van der Waals surface area (Å²) in [7, 11) is -0.338. The molecule has 2 aliphatic rings. The van der Waals surface area contributed by atoms with Crippen LogP contribution in [0.2, 0.25) is 18.1 Å². The Hall–Kier alpha value is -2.15. The van der Waals surface area contributed by atoms with Gasteiger partial charge in [-0.15, -0.1) is 0 Å². The third-order valence-electron chi connectivity index (χ3n) is 11.6. The molecule has 5 nitrogen and oxygen atoms in total. The average molecular weight is 622 g/mol. The molecule has 0 amide bonds. The van der Waals surface area contributed by atoms with E-state index in [1.165, 1.54) is 36.6 Å². The van der Waals surface area contributed by atoms with E-state index in [0.717, 1.165) is 44.6 Å². The Bertz CT molecular complexity index is 1230. The van der Waals surface area contributed by atoms with E-state index in [0.29, 0.717) is 24.4 Å². The highest BCUT2D eigenvalue weighted by atomic mass is 28.4. The van der Waals surface area contributed by atoms with Crippen LogP contribution < -0.4 is 10.1 Å². The maximum Gasteiger partial charge on any atom is 0.323 e. The number of nitrogens with one attached hydrogen (secondary N) is 1. The second-order valence-corrected chi connectivity index (χ2v) is 20.2. The van der Waals surface area contributed by atoms with Crippen LogP contribution in [0.4, 0.5) is 0 Å². The van der Waals surface area contributed by atoms with Crippen molar-refractivity contribution in [2.24, 2.45) is 23.2 Å². The molecule has 0 heterocycles. The SMILES string of the molecule is CC[C@H](C)[C@H](NC[C@@]1(C)CC[C@@H]2c3ccc(OCc4ccccc4)cc3CC[C@H]2[C@@H]1CCO[Si](C)(C)C(C)(C)C)C(=O)OC. The third-order valence-corrected chi connectivity index (χ3v) is 16.1. The first-order valence-corrected chi connectivity index (χ1v) is 19.9. The number of esters is 1. The number of hydrogen-bond acceptors (Lipinski definition) is 5. The average Bonchev–Trinajstić information content (AvgIpc) is 3.00. The van der Waals surface area contributed by atoms with Crippen LogP contribution in [-0.4, -0.2) is 40.6 Å². The first-order chi connectivity index (χ1) is 20.8. The largest absolute Gasteiger partial charge is 0.489 e. The van der Waals surface area contributed by atoms with Crippen molar-refractivity contribution in [3.63, 3.8) is 0 Å². The second-order valence-electron chi connectivity index (χ2n) is 15.4. The smallest absolute Gasteiger partial charge is 0.323 e. The van der Waals surface area contributed by atoms with Gasteiger partial charge < -0.3 is 19.2 Å². The van der Waals surface area contributed by atoms with Gasteiger partial charge >= 0.3 is 5.97 Å². The highest BCUT2D eigenvalue weighted by Crippen LogP contribution is 2.56. The molecule has 1 fully saturated rings. The van der Waals surface area contributed by atoms with Gasteiger partial charge in [0.2, 0.25) is 0 Å². The number of ether oxygens (including phenoxy) is 2. The molecule has 0 bridgehead atoms. The van der Waals surface area contributed by atoms with Gasteiger partial charge in [0.15, 0.2) is 8.32 Å². The van der Waals surface area contributed by atoms with E-state index in [1.807, 2.05) is 6.07 Å². The van der Waals surface area contributed by atoms with E-state index in [9.17, 15) is 4.79 Å². The van der Waals surface area contributed by atoms with E-state index < -0.39 is 8.32 Å². The van der Waals surface area contributed by atoms with Gasteiger partial charge in [-0.05, 0) is 108 Å². The number of carbonyl (C=O) groups is 1. The van der Waals surface area contributed by atoms with Gasteiger partial charge in [-0.25, -0.2) is 0 Å². The minimum Gasteiger partial charge on any atom is -0.489 e. The Morgan fingerprint density at radius 2 is 1.84 bits per heavy atom. The van der Waals surface area contributed by atoms with Crippen LogP contribution in [0.25, 0.3) is 0 Å². The standard InChI is InChI=1S/C38H59NO4Si/c1-10-27(2)35(36(40)41-7)39-26-38(6)22-20-32-31-19-17-30(42-25-28-14-12-11-13-15-28)24-29(31)16-18-33(32)34(38)21-23-43-44(8,9)37(3,4)5/h11-15,17,19,24,27,32-35,39H,10,16,18,20-23,25-26H2,1-9H3/t27-,32+,33+,34-,35-,38+/m0/s1. The van der Waals surface area contributed by atoms with E-state index in [-0.39, 0.29) is 28.4 Å². The lowest BCUT2D eigenvalue weighted by molar-refractivity contribution is -0.144. The molecule has 0 unspecified atom stereocenters. The summed E-state index contributed by atoms with van der Waals surface area (Å²) in [6.45, 7) is 20.7. The fraction of sp³-hybridized carbons (Fsp3) is 0.658. The Labute approximate surface area is 269 Å². The van der Waals surface area contributed by atoms with Gasteiger partial charge in [-0.2, -0.15) is 0 Å². The molecule has 1 N–H and O–H groups in total. The lowest BCUT2D eigenvalue weighted by atomic mass is 9.54. The molecular weight excluding hydrogens is 563 g/mol. The van der Waals surface area contributed by atoms with Crippen molar-refractivity contribution in [3.05, 3.63) is 65.2 Å². The zero-order valence-electron chi connectivity index (χ0n) is 29.0. The van der Waals surface area contributed by atoms with Crippen molar-refractivity contribution in [2.45, 2.75) is 117 Å². The predicted octanol–water partition coefficient (Wildman–Crippen LogP) is 8.92. The van der Waals surface area contributed by atoms with Gasteiger partial charge in [0.25, 0.3) is 0 Å². The Morgan fingerprint density at radius 1 is 1.11 bits per heavy atom. The Morgan fingerprint density at radius 3 is 2.50 bits per heavy atom. The lowest BCUT2D eigenvalue weighted by Crippen LogP contribution is -2.52. The molecular formula is C38H59NO4Si. The molecule has 244 valence electrons. The molecule has 6 heteroatoms. The van der Waals surface area contributed by atoms with Crippen LogP contribution in [0.1, 0.15) is 96.3 Å². The van der Waals surface area contributed by atoms with Crippen molar-refractivity contribution < 1.29 is 18.7 Å². The molecule has 0 radical (unpaired) electrons. The maximum atomic E-state index is 12.8. The van der Waals surface area contributed by atoms with Crippen molar-refractivity contribution in [1.29, 1.82) is 0 Å². The lowest BCUT2D eigenvalue weighted by Gasteiger charge is -2.53. The van der Waals surface area contributed by atoms with Crippen molar-refractivity contribution in [2.75, 3.05) is 20.3 Å². The zero-order chi connectivity index (χ0) is 32.1. The fourth-order valence-electron chi connectivity index (χ4n) is 7.45. The Balaban J connectivity index is 1.54. The maximum absolute atomic E-state index is 12.8. The van der Waals surface area contributed by atoms with E-state index >= 15 is 0 Å². The normalized spacial score (nSPS) is 25.0. The van der Waals surface area contributed by atoms with E-state index in [1.54, 1.807) is 0 Å². The summed E-state index contributed by atoms with van der Waals surface area (Å²) in [5.74, 6) is 2.71. The van der Waals surface area contributed by atoms with Crippen molar-refractivity contribution >= 4 is 14.3 Å². The summed E-state index contributed by atoms with van der Waals surface area (Å²) in [5, 5.41) is 3.91. The topological polar surface area (TPSA) is 56.8 Å². The van der Waals surface area contributed by atoms with Gasteiger partial charge in [-0.3, -0.25) is 4.79 Å². The summed E-state index contributed by atoms with van der Waals surface area (Å²) < 4.78 is 18.2. The zero-order valence-corrected chi connectivity index (χ0v) is 30.0. The monoisotopic (exact) mass is 621 g/mol. The molecule has 44 heavy (non-hydrogen) atoms. The number of carbonyl (C=O) groups excluding carboxylic acids is 1.